The summed E-state index contributed by atoms with van der Waals surface area (Å²) in [5.74, 6) is 0.818. The summed E-state index contributed by atoms with van der Waals surface area (Å²) in [7, 11) is 0. The maximum Gasteiger partial charge on any atom is 0.0423 e. The molecule has 0 spiro atoms. The van der Waals surface area contributed by atoms with E-state index in [1.807, 2.05) is 12.4 Å². The van der Waals surface area contributed by atoms with E-state index >= 15 is 0 Å². The van der Waals surface area contributed by atoms with Crippen LogP contribution >= 0.6 is 0 Å². The highest BCUT2D eigenvalue weighted by Gasteiger charge is 2.19. The smallest absolute Gasteiger partial charge is 0.0423 e. The Bertz CT molecular complexity index is 618. The van der Waals surface area contributed by atoms with Gasteiger partial charge in [0.2, 0.25) is 0 Å². The molecule has 0 radical (unpaired) electrons. The van der Waals surface area contributed by atoms with Gasteiger partial charge < -0.3 is 10.2 Å². The first-order valence-corrected chi connectivity index (χ1v) is 9.04. The highest BCUT2D eigenvalue weighted by Crippen LogP contribution is 2.24. The molecule has 2 heterocycles. The second-order valence-corrected chi connectivity index (χ2v) is 7.22. The number of hydrogen-bond donors (Lipinski definition) is 1. The maximum atomic E-state index is 4.22. The van der Waals surface area contributed by atoms with Crippen LogP contribution in [0.25, 0.3) is 10.8 Å². The largest absolute Gasteiger partial charge is 0.381 e. The molecular formula is C20H29N3. The number of nitrogens with one attached hydrogen (secondary N) is 1. The van der Waals surface area contributed by atoms with Crippen LogP contribution in [-0.2, 0) is 0 Å². The first kappa shape index (κ1) is 16.3. The summed E-state index contributed by atoms with van der Waals surface area (Å²) in [6.45, 7) is 8.30. The van der Waals surface area contributed by atoms with Gasteiger partial charge in [0.15, 0.2) is 0 Å². The second-order valence-electron chi connectivity index (χ2n) is 7.22. The quantitative estimate of drug-likeness (QED) is 0.848. The zero-order valence-corrected chi connectivity index (χ0v) is 14.5. The molecule has 2 aromatic rings. The van der Waals surface area contributed by atoms with Gasteiger partial charge in [0.25, 0.3) is 0 Å². The predicted octanol–water partition coefficient (Wildman–Crippen LogP) is 4.55. The van der Waals surface area contributed by atoms with E-state index in [9.17, 15) is 0 Å². The number of aromatic nitrogens is 1. The molecule has 1 aromatic heterocycles. The van der Waals surface area contributed by atoms with E-state index in [4.69, 9.17) is 0 Å². The van der Waals surface area contributed by atoms with Gasteiger partial charge in [-0.05, 0) is 56.8 Å². The number of piperidine rings is 1. The van der Waals surface area contributed by atoms with Gasteiger partial charge >= 0.3 is 0 Å². The number of rotatable bonds is 6. The van der Waals surface area contributed by atoms with E-state index in [2.05, 4.69) is 53.3 Å². The van der Waals surface area contributed by atoms with Gasteiger partial charge in [-0.15, -0.1) is 0 Å². The third-order valence-corrected chi connectivity index (χ3v) is 4.80. The van der Waals surface area contributed by atoms with Crippen molar-refractivity contribution in [1.82, 2.24) is 9.88 Å². The fourth-order valence-electron chi connectivity index (χ4n) is 3.57. The Kier molecular flexibility index (Phi) is 5.50. The van der Waals surface area contributed by atoms with Crippen LogP contribution in [0.15, 0.2) is 36.7 Å². The summed E-state index contributed by atoms with van der Waals surface area (Å²) >= 11 is 0. The molecule has 124 valence electrons. The molecule has 0 bridgehead atoms. The van der Waals surface area contributed by atoms with Gasteiger partial charge in [-0.2, -0.15) is 0 Å². The monoisotopic (exact) mass is 311 g/mol. The molecule has 0 aliphatic carbocycles. The molecule has 3 rings (SSSR count). The number of hydrogen-bond acceptors (Lipinski definition) is 3. The highest BCUT2D eigenvalue weighted by molar-refractivity contribution is 5.93. The van der Waals surface area contributed by atoms with Crippen LogP contribution in [0.4, 0.5) is 5.69 Å². The van der Waals surface area contributed by atoms with Gasteiger partial charge in [0.05, 0.1) is 0 Å². The molecule has 1 unspecified atom stereocenters. The van der Waals surface area contributed by atoms with E-state index < -0.39 is 0 Å². The molecule has 0 amide bonds. The number of fused-ring (bicyclic) bond motifs is 1. The van der Waals surface area contributed by atoms with Gasteiger partial charge in [-0.1, -0.05) is 26.0 Å². The van der Waals surface area contributed by atoms with E-state index in [1.54, 1.807) is 0 Å². The summed E-state index contributed by atoms with van der Waals surface area (Å²) in [5, 5.41) is 6.27. The molecule has 23 heavy (non-hydrogen) atoms. The van der Waals surface area contributed by atoms with E-state index in [-0.39, 0.29) is 0 Å². The van der Waals surface area contributed by atoms with Crippen molar-refractivity contribution in [3.63, 3.8) is 0 Å². The number of likely N-dealkylation sites (tertiary alicyclic amines) is 1. The number of anilines is 1. The fourth-order valence-corrected chi connectivity index (χ4v) is 3.57. The van der Waals surface area contributed by atoms with Crippen molar-refractivity contribution in [3.8, 4) is 0 Å². The topological polar surface area (TPSA) is 28.2 Å². The average Bonchev–Trinajstić information content (AvgIpc) is 2.55. The van der Waals surface area contributed by atoms with Gasteiger partial charge in [0.1, 0.15) is 0 Å². The standard InChI is InChI=1S/C20H29N3/c1-16(2)6-4-12-23-13-5-8-18(15-23)22-20-9-3-7-17-14-21-11-10-19(17)20/h3,7,9-11,14,16,18,22H,4-6,8,12-13,15H2,1-2H3. The second kappa shape index (κ2) is 7.78. The van der Waals surface area contributed by atoms with Crippen molar-refractivity contribution >= 4 is 16.5 Å². The number of nitrogens with zero attached hydrogens (tertiary/aromatic N) is 2. The summed E-state index contributed by atoms with van der Waals surface area (Å²) in [4.78, 5) is 6.86. The van der Waals surface area contributed by atoms with Crippen molar-refractivity contribution in [3.05, 3.63) is 36.7 Å². The molecule has 1 N–H and O–H groups in total. The predicted molar refractivity (Wildman–Crippen MR) is 98.9 cm³/mol. The Morgan fingerprint density at radius 1 is 1.30 bits per heavy atom. The molecule has 1 saturated heterocycles. The van der Waals surface area contributed by atoms with Crippen molar-refractivity contribution in [2.24, 2.45) is 5.92 Å². The molecule has 1 fully saturated rings. The lowest BCUT2D eigenvalue weighted by molar-refractivity contribution is 0.210. The third-order valence-electron chi connectivity index (χ3n) is 4.80. The van der Waals surface area contributed by atoms with Gasteiger partial charge in [-0.25, -0.2) is 0 Å². The summed E-state index contributed by atoms with van der Waals surface area (Å²) < 4.78 is 0. The minimum atomic E-state index is 0.557. The minimum absolute atomic E-state index is 0.557. The molecule has 3 heteroatoms. The lowest BCUT2D eigenvalue weighted by Crippen LogP contribution is -2.42. The Labute approximate surface area is 140 Å². The number of pyridine rings is 1. The van der Waals surface area contributed by atoms with Crippen molar-refractivity contribution in [2.45, 2.75) is 45.6 Å². The average molecular weight is 311 g/mol. The van der Waals surface area contributed by atoms with E-state index in [1.165, 1.54) is 61.8 Å². The van der Waals surface area contributed by atoms with Crippen molar-refractivity contribution < 1.29 is 0 Å². The lowest BCUT2D eigenvalue weighted by Gasteiger charge is -2.34. The molecule has 0 saturated carbocycles. The van der Waals surface area contributed by atoms with Gasteiger partial charge in [-0.3, -0.25) is 4.98 Å². The molecule has 1 atom stereocenters. The van der Waals surface area contributed by atoms with Crippen LogP contribution in [0, 0.1) is 5.92 Å². The van der Waals surface area contributed by atoms with E-state index in [0.717, 1.165) is 5.92 Å². The summed E-state index contributed by atoms with van der Waals surface area (Å²) in [5.41, 5.74) is 1.25. The van der Waals surface area contributed by atoms with Crippen molar-refractivity contribution in [1.29, 1.82) is 0 Å². The Balaban J connectivity index is 1.60. The van der Waals surface area contributed by atoms with Crippen LogP contribution in [0.3, 0.4) is 0 Å². The summed E-state index contributed by atoms with van der Waals surface area (Å²) in [6, 6.07) is 9.12. The molecule has 1 aromatic carbocycles. The molecule has 3 nitrogen and oxygen atoms in total. The normalized spacial score (nSPS) is 19.3. The molecular weight excluding hydrogens is 282 g/mol. The van der Waals surface area contributed by atoms with Crippen LogP contribution < -0.4 is 5.32 Å². The lowest BCUT2D eigenvalue weighted by atomic mass is 10.0. The highest BCUT2D eigenvalue weighted by atomic mass is 15.2. The minimum Gasteiger partial charge on any atom is -0.381 e. The Morgan fingerprint density at radius 2 is 2.22 bits per heavy atom. The molecule has 1 aliphatic rings. The molecule has 1 aliphatic heterocycles. The number of benzene rings is 1. The van der Waals surface area contributed by atoms with Crippen LogP contribution in [-0.4, -0.2) is 35.6 Å². The van der Waals surface area contributed by atoms with Gasteiger partial charge in [0, 0.05) is 41.4 Å². The zero-order chi connectivity index (χ0) is 16.1. The SMILES string of the molecule is CC(C)CCCN1CCCC(Nc2cccc3cnccc23)C1. The summed E-state index contributed by atoms with van der Waals surface area (Å²) in [6.07, 6.45) is 9.05. The van der Waals surface area contributed by atoms with Crippen LogP contribution in [0.1, 0.15) is 39.5 Å². The first-order chi connectivity index (χ1) is 11.2. The Morgan fingerprint density at radius 3 is 3.09 bits per heavy atom. The fraction of sp³-hybridized carbons (Fsp3) is 0.550. The maximum absolute atomic E-state index is 4.22. The third kappa shape index (κ3) is 4.44. The van der Waals surface area contributed by atoms with Crippen LogP contribution in [0.5, 0.6) is 0 Å². The van der Waals surface area contributed by atoms with E-state index in [0.29, 0.717) is 6.04 Å². The first-order valence-electron chi connectivity index (χ1n) is 9.04. The van der Waals surface area contributed by atoms with Crippen molar-refractivity contribution in [2.75, 3.05) is 25.0 Å². The zero-order valence-electron chi connectivity index (χ0n) is 14.5. The Hall–Kier alpha value is -1.61. The van der Waals surface area contributed by atoms with Crippen LogP contribution in [0.2, 0.25) is 0 Å².